The molecule has 0 radical (unpaired) electrons. The molecule has 0 aromatic heterocycles. The molecule has 0 saturated heterocycles. The summed E-state index contributed by atoms with van der Waals surface area (Å²) < 4.78 is 0. The summed E-state index contributed by atoms with van der Waals surface area (Å²) in [6.45, 7) is 1.67. The second-order valence-corrected chi connectivity index (χ2v) is 3.35. The van der Waals surface area contributed by atoms with Crippen molar-refractivity contribution in [2.24, 2.45) is 10.3 Å². The fraction of sp³-hybridized carbons (Fsp3) is 0.667. The molecule has 0 bridgehead atoms. The lowest BCUT2D eigenvalue weighted by molar-refractivity contribution is -0.121. The number of amides is 1. The molecule has 6 heteroatoms. The molecule has 0 aliphatic heterocycles. The first-order valence-electron chi connectivity index (χ1n) is 4.45. The van der Waals surface area contributed by atoms with Crippen LogP contribution in [-0.4, -0.2) is 62.5 Å². The maximum absolute atomic E-state index is 11.7. The van der Waals surface area contributed by atoms with Gasteiger partial charge in [0, 0.05) is 28.2 Å². The van der Waals surface area contributed by atoms with E-state index in [-0.39, 0.29) is 11.6 Å². The van der Waals surface area contributed by atoms with Crippen molar-refractivity contribution < 1.29 is 9.63 Å². The van der Waals surface area contributed by atoms with E-state index >= 15 is 0 Å². The van der Waals surface area contributed by atoms with Gasteiger partial charge < -0.3 is 14.7 Å². The topological polar surface area (TPSA) is 57.5 Å². The zero-order valence-electron chi connectivity index (χ0n) is 10.1. The minimum Gasteiger partial charge on any atom is -0.399 e. The molecule has 0 heterocycles. The Labute approximate surface area is 90.2 Å². The second kappa shape index (κ2) is 6.00. The van der Waals surface area contributed by atoms with Crippen LogP contribution < -0.4 is 0 Å². The highest BCUT2D eigenvalue weighted by molar-refractivity contribution is 6.66. The Kier molecular flexibility index (Phi) is 5.36. The van der Waals surface area contributed by atoms with Gasteiger partial charge in [-0.05, 0) is 6.92 Å². The van der Waals surface area contributed by atoms with Crippen LogP contribution in [0.2, 0.25) is 0 Å². The van der Waals surface area contributed by atoms with Crippen LogP contribution in [0.25, 0.3) is 0 Å². The first kappa shape index (κ1) is 13.4. The Morgan fingerprint density at radius 3 is 2.07 bits per heavy atom. The first-order chi connectivity index (χ1) is 6.90. The molecule has 0 aromatic rings. The lowest BCUT2D eigenvalue weighted by Gasteiger charge is -2.14. The van der Waals surface area contributed by atoms with Crippen LogP contribution in [0, 0.1) is 0 Å². The molecule has 0 unspecified atom stereocenters. The van der Waals surface area contributed by atoms with Crippen LogP contribution in [-0.2, 0) is 9.63 Å². The summed E-state index contributed by atoms with van der Waals surface area (Å²) in [5.41, 5.74) is 0.719. The Morgan fingerprint density at radius 1 is 1.20 bits per heavy atom. The smallest absolute Gasteiger partial charge is 0.275 e. The van der Waals surface area contributed by atoms with Crippen LogP contribution in [0.4, 0.5) is 0 Å². The molecule has 0 atom stereocenters. The summed E-state index contributed by atoms with van der Waals surface area (Å²) in [6, 6.07) is 0. The van der Waals surface area contributed by atoms with E-state index in [0.717, 1.165) is 0 Å². The zero-order valence-corrected chi connectivity index (χ0v) is 10.1. The van der Waals surface area contributed by atoms with Gasteiger partial charge in [-0.2, -0.15) is 5.10 Å². The number of oxime groups is 1. The quantitative estimate of drug-likeness (QED) is 0.489. The third-order valence-electron chi connectivity index (χ3n) is 1.48. The van der Waals surface area contributed by atoms with Crippen molar-refractivity contribution in [1.82, 2.24) is 9.91 Å². The summed E-state index contributed by atoms with van der Waals surface area (Å²) in [6.07, 6.45) is 0. The maximum Gasteiger partial charge on any atom is 0.275 e. The predicted octanol–water partition coefficient (Wildman–Crippen LogP) is 0.0145. The molecule has 86 valence electrons. The maximum atomic E-state index is 11.7. The average Bonchev–Trinajstić information content (AvgIpc) is 2.13. The van der Waals surface area contributed by atoms with Gasteiger partial charge in [0.05, 0.1) is 0 Å². The number of hydrogen-bond donors (Lipinski definition) is 0. The third-order valence-corrected chi connectivity index (χ3v) is 1.48. The Morgan fingerprint density at radius 2 is 1.73 bits per heavy atom. The van der Waals surface area contributed by atoms with Gasteiger partial charge in [0.2, 0.25) is 0 Å². The molecule has 0 spiro atoms. The third kappa shape index (κ3) is 4.44. The molecule has 0 saturated carbocycles. The van der Waals surface area contributed by atoms with Crippen LogP contribution >= 0.6 is 0 Å². The van der Waals surface area contributed by atoms with Crippen molar-refractivity contribution in [3.05, 3.63) is 0 Å². The van der Waals surface area contributed by atoms with Gasteiger partial charge in [0.1, 0.15) is 12.8 Å². The van der Waals surface area contributed by atoms with E-state index < -0.39 is 0 Å². The van der Waals surface area contributed by atoms with Gasteiger partial charge in [0.25, 0.3) is 5.91 Å². The second-order valence-electron chi connectivity index (χ2n) is 3.35. The summed E-state index contributed by atoms with van der Waals surface area (Å²) in [4.78, 5) is 17.8. The minimum absolute atomic E-state index is 0.206. The van der Waals surface area contributed by atoms with E-state index in [0.29, 0.717) is 5.71 Å². The number of nitrogens with zero attached hydrogens (tertiary/aromatic N) is 4. The fourth-order valence-electron chi connectivity index (χ4n) is 0.862. The largest absolute Gasteiger partial charge is 0.399 e. The molecule has 0 aliphatic rings. The summed E-state index contributed by atoms with van der Waals surface area (Å²) in [5.74, 6) is -0.206. The number of carbonyl (C=O) groups excluding carboxylic acids is 1. The molecule has 0 aliphatic carbocycles. The van der Waals surface area contributed by atoms with Gasteiger partial charge in [-0.1, -0.05) is 5.16 Å². The lowest BCUT2D eigenvalue weighted by Crippen LogP contribution is -2.35. The van der Waals surface area contributed by atoms with E-state index in [2.05, 4.69) is 15.1 Å². The van der Waals surface area contributed by atoms with E-state index in [4.69, 9.17) is 0 Å². The van der Waals surface area contributed by atoms with Crippen LogP contribution in [0.15, 0.2) is 10.3 Å². The van der Waals surface area contributed by atoms with Crippen molar-refractivity contribution in [1.29, 1.82) is 0 Å². The van der Waals surface area contributed by atoms with E-state index in [1.54, 1.807) is 40.1 Å². The Balaban J connectivity index is 5.07. The monoisotopic (exact) mass is 214 g/mol. The first-order valence-corrected chi connectivity index (χ1v) is 4.45. The SMILES string of the molecule is CON=C(C)C(=NN(C)C)C(=O)N(C)C. The van der Waals surface area contributed by atoms with Crippen LogP contribution in [0.1, 0.15) is 6.92 Å². The predicted molar refractivity (Wildman–Crippen MR) is 59.9 cm³/mol. The number of carbonyl (C=O) groups is 1. The molecule has 0 fully saturated rings. The molecule has 15 heavy (non-hydrogen) atoms. The van der Waals surface area contributed by atoms with Gasteiger partial charge in [-0.25, -0.2) is 0 Å². The molecule has 0 N–H and O–H groups in total. The Bertz CT molecular complexity index is 282. The molecule has 0 rings (SSSR count). The highest BCUT2D eigenvalue weighted by Gasteiger charge is 2.18. The van der Waals surface area contributed by atoms with Gasteiger partial charge in [-0.3, -0.25) is 4.79 Å². The minimum atomic E-state index is -0.206. The molecule has 0 aromatic carbocycles. The van der Waals surface area contributed by atoms with Gasteiger partial charge >= 0.3 is 0 Å². The van der Waals surface area contributed by atoms with E-state index in [9.17, 15) is 4.79 Å². The highest BCUT2D eigenvalue weighted by Crippen LogP contribution is 1.93. The zero-order chi connectivity index (χ0) is 12.0. The fourth-order valence-corrected chi connectivity index (χ4v) is 0.862. The van der Waals surface area contributed by atoms with Gasteiger partial charge in [-0.15, -0.1) is 0 Å². The summed E-state index contributed by atoms with van der Waals surface area (Å²) in [5, 5.41) is 9.30. The van der Waals surface area contributed by atoms with E-state index in [1.807, 2.05) is 0 Å². The number of hydrogen-bond acceptors (Lipinski definition) is 5. The number of rotatable bonds is 4. The van der Waals surface area contributed by atoms with Crippen molar-refractivity contribution in [3.8, 4) is 0 Å². The average molecular weight is 214 g/mol. The van der Waals surface area contributed by atoms with Gasteiger partial charge in [0.15, 0.2) is 5.71 Å². The van der Waals surface area contributed by atoms with Crippen molar-refractivity contribution in [2.45, 2.75) is 6.92 Å². The normalized spacial score (nSPS) is 12.4. The lowest BCUT2D eigenvalue weighted by atomic mass is 10.2. The summed E-state index contributed by atoms with van der Waals surface area (Å²) >= 11 is 0. The molecule has 6 nitrogen and oxygen atoms in total. The molecule has 1 amide bonds. The van der Waals surface area contributed by atoms with E-state index in [1.165, 1.54) is 12.0 Å². The molecular weight excluding hydrogens is 196 g/mol. The molecular formula is C9H18N4O2. The number of hydrazone groups is 1. The van der Waals surface area contributed by atoms with Crippen molar-refractivity contribution in [2.75, 3.05) is 35.3 Å². The van der Waals surface area contributed by atoms with Crippen LogP contribution in [0.5, 0.6) is 0 Å². The Hall–Kier alpha value is -1.59. The van der Waals surface area contributed by atoms with Crippen molar-refractivity contribution in [3.63, 3.8) is 0 Å². The summed E-state index contributed by atoms with van der Waals surface area (Å²) in [7, 11) is 8.23. The highest BCUT2D eigenvalue weighted by atomic mass is 16.6. The standard InChI is InChI=1S/C9H18N4O2/c1-7(11-15-6)8(10-13(4)5)9(14)12(2)3/h1-6H3. The van der Waals surface area contributed by atoms with Crippen LogP contribution in [0.3, 0.4) is 0 Å². The van der Waals surface area contributed by atoms with Crippen molar-refractivity contribution >= 4 is 17.3 Å².